The Morgan fingerprint density at radius 3 is 2.36 bits per heavy atom. The summed E-state index contributed by atoms with van der Waals surface area (Å²) >= 11 is 0. The van der Waals surface area contributed by atoms with Crippen LogP contribution in [0.4, 0.5) is 0 Å². The maximum Gasteiger partial charge on any atom is 0.170 e. The molecule has 3 aliphatic heterocycles. The summed E-state index contributed by atoms with van der Waals surface area (Å²) in [5.74, 6) is 1.94. The summed E-state index contributed by atoms with van der Waals surface area (Å²) in [5, 5.41) is 23.8. The van der Waals surface area contributed by atoms with Gasteiger partial charge in [0.25, 0.3) is 0 Å². The van der Waals surface area contributed by atoms with E-state index >= 15 is 0 Å². The van der Waals surface area contributed by atoms with Gasteiger partial charge >= 0.3 is 0 Å². The smallest absolute Gasteiger partial charge is 0.170 e. The van der Waals surface area contributed by atoms with Crippen molar-refractivity contribution >= 4 is 0 Å². The summed E-state index contributed by atoms with van der Waals surface area (Å²) in [5.41, 5.74) is 0.427. The molecule has 2 N–H and O–H groups in total. The maximum absolute atomic E-state index is 12.5. The van der Waals surface area contributed by atoms with Crippen LogP contribution in [0, 0.1) is 56.2 Å². The molecular formula is C38H63NO6. The van der Waals surface area contributed by atoms with E-state index in [2.05, 4.69) is 60.3 Å². The van der Waals surface area contributed by atoms with Gasteiger partial charge in [0.05, 0.1) is 62.9 Å². The molecule has 256 valence electrons. The van der Waals surface area contributed by atoms with Crippen LogP contribution in [0.2, 0.25) is 0 Å². The summed E-state index contributed by atoms with van der Waals surface area (Å²) in [7, 11) is 0. The molecule has 0 radical (unpaired) electrons. The molecule has 5 aliphatic carbocycles. The number of hydrogen-bond acceptors (Lipinski definition) is 7. The lowest BCUT2D eigenvalue weighted by molar-refractivity contribution is -0.256. The first-order chi connectivity index (χ1) is 21.1. The molecule has 3 heterocycles. The first-order valence-corrected chi connectivity index (χ1v) is 18.7. The normalized spacial score (nSPS) is 54.9. The molecule has 5 saturated carbocycles. The van der Waals surface area contributed by atoms with Crippen molar-refractivity contribution in [2.45, 2.75) is 150 Å². The van der Waals surface area contributed by atoms with Gasteiger partial charge in [-0.15, -0.1) is 0 Å². The van der Waals surface area contributed by atoms with Gasteiger partial charge in [-0.2, -0.15) is 0 Å². The minimum Gasteiger partial charge on any atom is -0.390 e. The monoisotopic (exact) mass is 629 g/mol. The van der Waals surface area contributed by atoms with E-state index in [9.17, 15) is 10.2 Å². The highest BCUT2D eigenvalue weighted by Crippen LogP contribution is 2.89. The molecule has 14 unspecified atom stereocenters. The third-order valence-corrected chi connectivity index (χ3v) is 16.5. The molecule has 0 bridgehead atoms. The van der Waals surface area contributed by atoms with Crippen LogP contribution in [0.5, 0.6) is 0 Å². The van der Waals surface area contributed by atoms with Gasteiger partial charge in [0.1, 0.15) is 0 Å². The second-order valence-electron chi connectivity index (χ2n) is 19.5. The zero-order chi connectivity index (χ0) is 31.9. The Bertz CT molecular complexity index is 1170. The quantitative estimate of drug-likeness (QED) is 0.416. The van der Waals surface area contributed by atoms with E-state index in [4.69, 9.17) is 18.9 Å². The van der Waals surface area contributed by atoms with Crippen LogP contribution in [0.1, 0.15) is 107 Å². The largest absolute Gasteiger partial charge is 0.390 e. The molecule has 45 heavy (non-hydrogen) atoms. The topological polar surface area (TPSA) is 80.6 Å². The zero-order valence-corrected chi connectivity index (χ0v) is 29.5. The van der Waals surface area contributed by atoms with Crippen LogP contribution in [-0.4, -0.2) is 90.9 Å². The van der Waals surface area contributed by atoms with Crippen molar-refractivity contribution in [3.63, 3.8) is 0 Å². The number of aliphatic hydroxyl groups is 2. The number of hydrogen-bond donors (Lipinski definition) is 2. The molecule has 8 aliphatic rings. The number of fused-ring (bicyclic) bond motifs is 4. The van der Waals surface area contributed by atoms with Gasteiger partial charge in [-0.3, -0.25) is 4.90 Å². The van der Waals surface area contributed by atoms with Gasteiger partial charge in [-0.1, -0.05) is 55.4 Å². The minimum atomic E-state index is -0.529. The number of ether oxygens (including phenoxy) is 4. The van der Waals surface area contributed by atoms with Crippen molar-refractivity contribution in [2.75, 3.05) is 32.9 Å². The molecule has 8 rings (SSSR count). The van der Waals surface area contributed by atoms with E-state index in [0.717, 1.165) is 45.8 Å². The molecule has 0 amide bonds. The van der Waals surface area contributed by atoms with Crippen LogP contribution in [0.15, 0.2) is 0 Å². The van der Waals surface area contributed by atoms with Gasteiger partial charge in [0.15, 0.2) is 6.29 Å². The van der Waals surface area contributed by atoms with Crippen molar-refractivity contribution in [3.8, 4) is 0 Å². The molecule has 0 aromatic rings. The number of morpholine rings is 1. The van der Waals surface area contributed by atoms with Gasteiger partial charge in [0, 0.05) is 12.0 Å². The van der Waals surface area contributed by atoms with Crippen LogP contribution >= 0.6 is 0 Å². The van der Waals surface area contributed by atoms with E-state index in [-0.39, 0.29) is 46.3 Å². The summed E-state index contributed by atoms with van der Waals surface area (Å²) in [4.78, 5) is 2.51. The maximum atomic E-state index is 12.5. The Morgan fingerprint density at radius 1 is 0.956 bits per heavy atom. The Kier molecular flexibility index (Phi) is 7.20. The first kappa shape index (κ1) is 32.0. The Balaban J connectivity index is 1.03. The lowest BCUT2D eigenvalue weighted by Gasteiger charge is -2.64. The van der Waals surface area contributed by atoms with Crippen LogP contribution < -0.4 is 0 Å². The molecule has 14 atom stereocenters. The van der Waals surface area contributed by atoms with E-state index in [1.165, 1.54) is 38.5 Å². The molecular weight excluding hydrogens is 566 g/mol. The van der Waals surface area contributed by atoms with Crippen molar-refractivity contribution in [2.24, 2.45) is 56.2 Å². The molecule has 0 aromatic carbocycles. The molecule has 2 spiro atoms. The predicted molar refractivity (Wildman–Crippen MR) is 172 cm³/mol. The summed E-state index contributed by atoms with van der Waals surface area (Å²) in [6.45, 7) is 22.9. The summed E-state index contributed by atoms with van der Waals surface area (Å²) < 4.78 is 25.4. The third-order valence-electron chi connectivity index (χ3n) is 16.5. The van der Waals surface area contributed by atoms with Crippen LogP contribution in [0.3, 0.4) is 0 Å². The fourth-order valence-electron chi connectivity index (χ4n) is 14.0. The molecule has 7 nitrogen and oxygen atoms in total. The minimum absolute atomic E-state index is 0.0478. The van der Waals surface area contributed by atoms with Gasteiger partial charge in [-0.05, 0) is 102 Å². The SMILES string of the molecule is CC1CC(C(O)C(C)(C)C)OC2C1C1(C)CCC34CC35CCC(OC3CN(C6COC6)CCO3)C(C)(C)C5CCC4C1(C)C2O. The summed E-state index contributed by atoms with van der Waals surface area (Å²) in [6.07, 6.45) is 8.14. The molecule has 8 fully saturated rings. The molecule has 7 heteroatoms. The highest BCUT2D eigenvalue weighted by molar-refractivity contribution is 5.33. The van der Waals surface area contributed by atoms with Crippen LogP contribution in [-0.2, 0) is 18.9 Å². The average Bonchev–Trinajstić information content (AvgIpc) is 3.57. The zero-order valence-electron chi connectivity index (χ0n) is 29.5. The van der Waals surface area contributed by atoms with E-state index in [1.807, 2.05) is 0 Å². The second kappa shape index (κ2) is 10.1. The average molecular weight is 630 g/mol. The lowest BCUT2D eigenvalue weighted by atomic mass is 9.41. The van der Waals surface area contributed by atoms with Gasteiger partial charge in [0.2, 0.25) is 0 Å². The molecule has 3 saturated heterocycles. The fraction of sp³-hybridized carbons (Fsp3) is 1.00. The van der Waals surface area contributed by atoms with E-state index in [1.54, 1.807) is 0 Å². The van der Waals surface area contributed by atoms with Crippen molar-refractivity contribution < 1.29 is 29.2 Å². The standard InChI is InChI=1S/C38H63NO6/c1-22-17-24(31(40)33(2,3)4)44-30-29(22)35(7)13-14-38-21-37(38)12-11-27(45-28-18-39(15-16-43-28)23-19-42-20-23)34(5,6)25(37)9-10-26(38)36(35,8)32(30)41/h22-32,40-41H,9-21H2,1-8H3. The summed E-state index contributed by atoms with van der Waals surface area (Å²) in [6, 6.07) is 0.528. The van der Waals surface area contributed by atoms with Gasteiger partial charge < -0.3 is 29.2 Å². The number of nitrogens with zero attached hydrogens (tertiary/aromatic N) is 1. The van der Waals surface area contributed by atoms with Crippen LogP contribution in [0.25, 0.3) is 0 Å². The van der Waals surface area contributed by atoms with Crippen molar-refractivity contribution in [1.82, 2.24) is 4.90 Å². The number of rotatable bonds is 4. The first-order valence-electron chi connectivity index (χ1n) is 18.7. The predicted octanol–water partition coefficient (Wildman–Crippen LogP) is 5.65. The third kappa shape index (κ3) is 4.13. The fourth-order valence-corrected chi connectivity index (χ4v) is 14.0. The number of aliphatic hydroxyl groups excluding tert-OH is 2. The Morgan fingerprint density at radius 2 is 1.67 bits per heavy atom. The van der Waals surface area contributed by atoms with Gasteiger partial charge in [-0.25, -0.2) is 0 Å². The Hall–Kier alpha value is -0.280. The van der Waals surface area contributed by atoms with Crippen molar-refractivity contribution in [1.29, 1.82) is 0 Å². The van der Waals surface area contributed by atoms with Crippen molar-refractivity contribution in [3.05, 3.63) is 0 Å². The highest BCUT2D eigenvalue weighted by Gasteiger charge is 2.84. The highest BCUT2D eigenvalue weighted by atomic mass is 16.7. The van der Waals surface area contributed by atoms with E-state index in [0.29, 0.717) is 40.5 Å². The molecule has 0 aromatic heterocycles. The lowest BCUT2D eigenvalue weighted by Crippen LogP contribution is -2.60. The van der Waals surface area contributed by atoms with E-state index < -0.39 is 12.2 Å². The second-order valence-corrected chi connectivity index (χ2v) is 19.5. The Labute approximate surface area is 272 Å².